The highest BCUT2D eigenvalue weighted by molar-refractivity contribution is 5.96. The molecule has 1 aliphatic rings. The second-order valence-corrected chi connectivity index (χ2v) is 9.80. The highest BCUT2D eigenvalue weighted by Gasteiger charge is 2.37. The lowest BCUT2D eigenvalue weighted by molar-refractivity contribution is 0.0524. The number of unbranched alkanes of at least 4 members (excludes halogenated alkanes) is 1. The van der Waals surface area contributed by atoms with Gasteiger partial charge in [-0.2, -0.15) is 0 Å². The molecule has 2 amide bonds. The number of ketones is 1. The van der Waals surface area contributed by atoms with Crippen molar-refractivity contribution in [1.82, 2.24) is 10.3 Å². The van der Waals surface area contributed by atoms with Crippen LogP contribution in [-0.4, -0.2) is 46.7 Å². The molecular formula is C23H35N3O5. The summed E-state index contributed by atoms with van der Waals surface area (Å²) in [6, 6.07) is 3.49. The van der Waals surface area contributed by atoms with Gasteiger partial charge >= 0.3 is 12.2 Å². The van der Waals surface area contributed by atoms with Crippen molar-refractivity contribution in [3.8, 4) is 0 Å². The largest absolute Gasteiger partial charge is 0.444 e. The van der Waals surface area contributed by atoms with Crippen LogP contribution in [0, 0.1) is 0 Å². The number of hydrogen-bond donors (Lipinski definition) is 1. The molecule has 1 N–H and O–H groups in total. The van der Waals surface area contributed by atoms with Crippen LogP contribution >= 0.6 is 0 Å². The first-order valence-corrected chi connectivity index (χ1v) is 10.8. The van der Waals surface area contributed by atoms with Crippen LogP contribution in [0.5, 0.6) is 0 Å². The Morgan fingerprint density at radius 2 is 1.68 bits per heavy atom. The molecule has 0 spiro atoms. The van der Waals surface area contributed by atoms with Crippen molar-refractivity contribution < 1.29 is 23.9 Å². The quantitative estimate of drug-likeness (QED) is 0.464. The Balaban J connectivity index is 1.82. The van der Waals surface area contributed by atoms with E-state index in [-0.39, 0.29) is 11.8 Å². The maximum Gasteiger partial charge on any atom is 0.416 e. The van der Waals surface area contributed by atoms with Gasteiger partial charge in [0.1, 0.15) is 17.0 Å². The third-order valence-electron chi connectivity index (χ3n) is 4.32. The number of rotatable bonds is 8. The standard InChI is InChI=1S/C23H35N3O5/c1-22(2,3)30-20(28)24-14-8-7-9-18(27)16-10-13-19(25-15-16)26(17-11-12-17)21(29)31-23(4,5)6/h10,13,15,17H,7-9,11-12,14H2,1-6H3,(H,24,28). The van der Waals surface area contributed by atoms with Crippen LogP contribution < -0.4 is 10.2 Å². The normalized spacial score (nSPS) is 14.0. The topological polar surface area (TPSA) is 97.8 Å². The molecule has 2 rings (SSSR count). The molecule has 0 unspecified atom stereocenters. The van der Waals surface area contributed by atoms with Crippen molar-refractivity contribution in [3.63, 3.8) is 0 Å². The molecule has 0 radical (unpaired) electrons. The summed E-state index contributed by atoms with van der Waals surface area (Å²) < 4.78 is 10.7. The number of aromatic nitrogens is 1. The van der Waals surface area contributed by atoms with E-state index in [0.717, 1.165) is 12.8 Å². The van der Waals surface area contributed by atoms with Crippen LogP contribution in [0.3, 0.4) is 0 Å². The van der Waals surface area contributed by atoms with E-state index in [1.807, 2.05) is 41.5 Å². The molecule has 0 aromatic carbocycles. The second kappa shape index (κ2) is 10.1. The van der Waals surface area contributed by atoms with E-state index >= 15 is 0 Å². The van der Waals surface area contributed by atoms with Gasteiger partial charge < -0.3 is 14.8 Å². The molecule has 1 fully saturated rings. The van der Waals surface area contributed by atoms with E-state index in [2.05, 4.69) is 10.3 Å². The van der Waals surface area contributed by atoms with E-state index in [1.165, 1.54) is 6.20 Å². The summed E-state index contributed by atoms with van der Waals surface area (Å²) in [6.07, 6.45) is 4.14. The second-order valence-electron chi connectivity index (χ2n) is 9.80. The third-order valence-corrected chi connectivity index (χ3v) is 4.32. The number of carbonyl (C=O) groups excluding carboxylic acids is 3. The van der Waals surface area contributed by atoms with Crippen molar-refractivity contribution in [2.24, 2.45) is 0 Å². The Morgan fingerprint density at radius 3 is 2.19 bits per heavy atom. The number of nitrogens with one attached hydrogen (secondary N) is 1. The van der Waals surface area contributed by atoms with Gasteiger partial charge in [0.2, 0.25) is 0 Å². The van der Waals surface area contributed by atoms with Crippen LogP contribution in [0.25, 0.3) is 0 Å². The third kappa shape index (κ3) is 8.94. The number of amides is 2. The molecule has 0 aliphatic heterocycles. The van der Waals surface area contributed by atoms with E-state index in [9.17, 15) is 14.4 Å². The molecule has 8 heteroatoms. The molecule has 1 aromatic heterocycles. The SMILES string of the molecule is CC(C)(C)OC(=O)NCCCCC(=O)c1ccc(N(C(=O)OC(C)(C)C)C2CC2)nc1. The van der Waals surface area contributed by atoms with Crippen molar-refractivity contribution in [2.75, 3.05) is 11.4 Å². The number of ether oxygens (including phenoxy) is 2. The minimum atomic E-state index is -0.585. The molecule has 0 saturated heterocycles. The van der Waals surface area contributed by atoms with Gasteiger partial charge in [-0.05, 0) is 79.4 Å². The fourth-order valence-electron chi connectivity index (χ4n) is 2.83. The monoisotopic (exact) mass is 433 g/mol. The lowest BCUT2D eigenvalue weighted by atomic mass is 10.1. The van der Waals surface area contributed by atoms with Crippen molar-refractivity contribution in [1.29, 1.82) is 0 Å². The first kappa shape index (κ1) is 24.6. The molecular weight excluding hydrogens is 398 g/mol. The van der Waals surface area contributed by atoms with E-state index in [1.54, 1.807) is 17.0 Å². The Labute approximate surface area is 184 Å². The van der Waals surface area contributed by atoms with E-state index < -0.39 is 23.4 Å². The number of carbonyl (C=O) groups is 3. The molecule has 31 heavy (non-hydrogen) atoms. The first-order valence-electron chi connectivity index (χ1n) is 10.8. The van der Waals surface area contributed by atoms with Gasteiger partial charge in [0.25, 0.3) is 0 Å². The van der Waals surface area contributed by atoms with Gasteiger partial charge in [0.15, 0.2) is 5.78 Å². The van der Waals surface area contributed by atoms with Gasteiger partial charge in [0.05, 0.1) is 0 Å². The van der Waals surface area contributed by atoms with E-state index in [0.29, 0.717) is 37.2 Å². The van der Waals surface area contributed by atoms with Gasteiger partial charge in [-0.3, -0.25) is 9.69 Å². The number of anilines is 1. The fourth-order valence-corrected chi connectivity index (χ4v) is 2.83. The number of Topliss-reactive ketones (excluding diaryl/α,β-unsaturated/α-hetero) is 1. The summed E-state index contributed by atoms with van der Waals surface area (Å²) in [7, 11) is 0. The molecule has 1 saturated carbocycles. The predicted octanol–water partition coefficient (Wildman–Crippen LogP) is 4.86. The number of hydrogen-bond acceptors (Lipinski definition) is 6. The van der Waals surface area contributed by atoms with Crippen molar-refractivity contribution in [2.45, 2.75) is 90.9 Å². The van der Waals surface area contributed by atoms with Gasteiger partial charge in [-0.15, -0.1) is 0 Å². The van der Waals surface area contributed by atoms with Gasteiger partial charge in [-0.1, -0.05) is 0 Å². The van der Waals surface area contributed by atoms with Crippen LogP contribution in [0.15, 0.2) is 18.3 Å². The average molecular weight is 434 g/mol. The summed E-state index contributed by atoms with van der Waals surface area (Å²) >= 11 is 0. The van der Waals surface area contributed by atoms with Crippen LogP contribution in [0.2, 0.25) is 0 Å². The summed E-state index contributed by atoms with van der Waals surface area (Å²) in [6.45, 7) is 11.4. The van der Waals surface area contributed by atoms with Gasteiger partial charge in [-0.25, -0.2) is 14.6 Å². The van der Waals surface area contributed by atoms with Gasteiger partial charge in [0, 0.05) is 30.8 Å². The first-order chi connectivity index (χ1) is 14.4. The molecule has 0 atom stereocenters. The van der Waals surface area contributed by atoms with E-state index in [4.69, 9.17) is 9.47 Å². The predicted molar refractivity (Wildman–Crippen MR) is 118 cm³/mol. The zero-order valence-corrected chi connectivity index (χ0v) is 19.5. The molecule has 1 heterocycles. The summed E-state index contributed by atoms with van der Waals surface area (Å²) in [5, 5.41) is 2.68. The van der Waals surface area contributed by atoms with Crippen molar-refractivity contribution in [3.05, 3.63) is 23.9 Å². The summed E-state index contributed by atoms with van der Waals surface area (Å²) in [4.78, 5) is 42.5. The average Bonchev–Trinajstić information content (AvgIpc) is 3.44. The Morgan fingerprint density at radius 1 is 1.03 bits per heavy atom. The zero-order valence-electron chi connectivity index (χ0n) is 19.5. The van der Waals surface area contributed by atoms with Crippen LogP contribution in [0.4, 0.5) is 15.4 Å². The fraction of sp³-hybridized carbons (Fsp3) is 0.652. The maximum absolute atomic E-state index is 12.5. The molecule has 0 bridgehead atoms. The summed E-state index contributed by atoms with van der Waals surface area (Å²) in [5.41, 5.74) is -0.611. The highest BCUT2D eigenvalue weighted by atomic mass is 16.6. The smallest absolute Gasteiger partial charge is 0.416 e. The molecule has 1 aliphatic carbocycles. The molecule has 1 aromatic rings. The van der Waals surface area contributed by atoms with Crippen LogP contribution in [-0.2, 0) is 9.47 Å². The lowest BCUT2D eigenvalue weighted by Crippen LogP contribution is -2.38. The Hall–Kier alpha value is -2.64. The molecule has 172 valence electrons. The Kier molecular flexibility index (Phi) is 8.03. The Bertz CT molecular complexity index is 774. The lowest BCUT2D eigenvalue weighted by Gasteiger charge is -2.26. The number of pyridine rings is 1. The van der Waals surface area contributed by atoms with Crippen LogP contribution in [0.1, 0.15) is 84.0 Å². The number of nitrogens with zero attached hydrogens (tertiary/aromatic N) is 2. The summed E-state index contributed by atoms with van der Waals surface area (Å²) in [5.74, 6) is 0.474. The zero-order chi connectivity index (χ0) is 23.2. The highest BCUT2D eigenvalue weighted by Crippen LogP contribution is 2.32. The van der Waals surface area contributed by atoms with Crippen molar-refractivity contribution >= 4 is 23.8 Å². The maximum atomic E-state index is 12.5. The minimum absolute atomic E-state index is 0.0217. The molecule has 8 nitrogen and oxygen atoms in total. The number of alkyl carbamates (subject to hydrolysis) is 1. The minimum Gasteiger partial charge on any atom is -0.444 e.